The summed E-state index contributed by atoms with van der Waals surface area (Å²) in [6.07, 6.45) is 0. The second-order valence-corrected chi connectivity index (χ2v) is 5.61. The molecule has 0 unspecified atom stereocenters. The lowest BCUT2D eigenvalue weighted by molar-refractivity contribution is 0.102. The van der Waals surface area contributed by atoms with E-state index in [-0.39, 0.29) is 5.56 Å². The van der Waals surface area contributed by atoms with Gasteiger partial charge in [0, 0.05) is 11.8 Å². The van der Waals surface area contributed by atoms with Gasteiger partial charge >= 0.3 is 0 Å². The van der Waals surface area contributed by atoms with Crippen molar-refractivity contribution in [3.63, 3.8) is 0 Å². The molecular formula is C21H17F2NO3. The first-order valence-electron chi connectivity index (χ1n) is 8.32. The number of hydrogen-bond donors (Lipinski definition) is 1. The van der Waals surface area contributed by atoms with Crippen molar-refractivity contribution in [1.29, 1.82) is 0 Å². The molecule has 0 heterocycles. The van der Waals surface area contributed by atoms with Gasteiger partial charge in [-0.15, -0.1) is 0 Å². The van der Waals surface area contributed by atoms with Crippen molar-refractivity contribution >= 4 is 11.6 Å². The largest absolute Gasteiger partial charge is 0.494 e. The second kappa shape index (κ2) is 8.31. The number of ether oxygens (including phenoxy) is 2. The maximum absolute atomic E-state index is 13.7. The van der Waals surface area contributed by atoms with Crippen LogP contribution in [-0.4, -0.2) is 12.5 Å². The van der Waals surface area contributed by atoms with Gasteiger partial charge in [-0.1, -0.05) is 0 Å². The lowest BCUT2D eigenvalue weighted by Gasteiger charge is -2.09. The molecule has 3 aromatic rings. The molecule has 0 spiro atoms. The lowest BCUT2D eigenvalue weighted by Crippen LogP contribution is -2.13. The molecule has 0 saturated carbocycles. The van der Waals surface area contributed by atoms with E-state index in [4.69, 9.17) is 9.47 Å². The fraction of sp³-hybridized carbons (Fsp3) is 0.0952. The first kappa shape index (κ1) is 18.4. The van der Waals surface area contributed by atoms with Crippen LogP contribution in [0.1, 0.15) is 17.3 Å². The summed E-state index contributed by atoms with van der Waals surface area (Å²) >= 11 is 0. The Morgan fingerprint density at radius 2 is 1.48 bits per heavy atom. The number of nitrogens with one attached hydrogen (secondary N) is 1. The average Bonchev–Trinajstić information content (AvgIpc) is 2.65. The zero-order valence-corrected chi connectivity index (χ0v) is 14.5. The first-order chi connectivity index (χ1) is 13.0. The predicted octanol–water partition coefficient (Wildman–Crippen LogP) is 5.41. The van der Waals surface area contributed by atoms with Crippen LogP contribution < -0.4 is 14.8 Å². The Morgan fingerprint density at radius 3 is 2.07 bits per heavy atom. The Balaban J connectivity index is 1.63. The fourth-order valence-corrected chi connectivity index (χ4v) is 2.39. The average molecular weight is 369 g/mol. The minimum absolute atomic E-state index is 0.230. The Hall–Kier alpha value is -3.41. The number of carbonyl (C=O) groups excluding carboxylic acids is 1. The van der Waals surface area contributed by atoms with Crippen molar-refractivity contribution in [1.82, 2.24) is 0 Å². The molecule has 0 fully saturated rings. The van der Waals surface area contributed by atoms with Crippen LogP contribution in [0.25, 0.3) is 0 Å². The van der Waals surface area contributed by atoms with E-state index in [1.807, 2.05) is 19.1 Å². The number of benzene rings is 3. The maximum Gasteiger partial charge on any atom is 0.258 e. The van der Waals surface area contributed by atoms with Gasteiger partial charge in [0.1, 0.15) is 28.9 Å². The number of halogens is 2. The van der Waals surface area contributed by atoms with Gasteiger partial charge in [-0.05, 0) is 67.6 Å². The Labute approximate surface area is 155 Å². The van der Waals surface area contributed by atoms with Gasteiger partial charge in [0.15, 0.2) is 0 Å². The molecule has 1 N–H and O–H groups in total. The Bertz CT molecular complexity index is 925. The molecule has 0 radical (unpaired) electrons. The van der Waals surface area contributed by atoms with Crippen molar-refractivity contribution in [2.75, 3.05) is 11.9 Å². The summed E-state index contributed by atoms with van der Waals surface area (Å²) in [5, 5.41) is 2.56. The highest BCUT2D eigenvalue weighted by molar-refractivity contribution is 6.04. The van der Waals surface area contributed by atoms with Crippen molar-refractivity contribution in [3.8, 4) is 17.2 Å². The standard InChI is InChI=1S/C21H17F2NO3/c1-2-26-16-8-10-18(11-9-16)27-17-6-4-15(5-7-17)24-21(25)19-12-3-14(22)13-20(19)23/h3-13H,2H2,1H3,(H,24,25). The van der Waals surface area contributed by atoms with Crippen LogP contribution in [0.4, 0.5) is 14.5 Å². The number of anilines is 1. The summed E-state index contributed by atoms with van der Waals surface area (Å²) < 4.78 is 37.7. The second-order valence-electron chi connectivity index (χ2n) is 5.61. The fourth-order valence-electron chi connectivity index (χ4n) is 2.39. The summed E-state index contributed by atoms with van der Waals surface area (Å²) in [6, 6.07) is 16.6. The minimum Gasteiger partial charge on any atom is -0.494 e. The summed E-state index contributed by atoms with van der Waals surface area (Å²) in [5.74, 6) is -0.333. The highest BCUT2D eigenvalue weighted by Crippen LogP contribution is 2.25. The number of amides is 1. The van der Waals surface area contributed by atoms with Crippen LogP contribution in [0.3, 0.4) is 0 Å². The van der Waals surface area contributed by atoms with Crippen LogP contribution in [0.15, 0.2) is 66.7 Å². The maximum atomic E-state index is 13.7. The smallest absolute Gasteiger partial charge is 0.258 e. The lowest BCUT2D eigenvalue weighted by atomic mass is 10.2. The topological polar surface area (TPSA) is 47.6 Å². The van der Waals surface area contributed by atoms with E-state index in [1.165, 1.54) is 0 Å². The molecule has 27 heavy (non-hydrogen) atoms. The molecule has 6 heteroatoms. The third-order valence-corrected chi connectivity index (χ3v) is 3.66. The molecule has 4 nitrogen and oxygen atoms in total. The zero-order valence-electron chi connectivity index (χ0n) is 14.5. The molecule has 0 aromatic heterocycles. The van der Waals surface area contributed by atoms with Crippen LogP contribution in [0.2, 0.25) is 0 Å². The van der Waals surface area contributed by atoms with E-state index in [9.17, 15) is 13.6 Å². The molecule has 3 aromatic carbocycles. The van der Waals surface area contributed by atoms with Crippen LogP contribution >= 0.6 is 0 Å². The number of rotatable bonds is 6. The number of carbonyl (C=O) groups is 1. The van der Waals surface area contributed by atoms with E-state index < -0.39 is 17.5 Å². The van der Waals surface area contributed by atoms with Crippen molar-refractivity contribution in [2.45, 2.75) is 6.92 Å². The van der Waals surface area contributed by atoms with Crippen molar-refractivity contribution < 1.29 is 23.0 Å². The van der Waals surface area contributed by atoms with Crippen LogP contribution in [0.5, 0.6) is 17.2 Å². The van der Waals surface area contributed by atoms with Crippen molar-refractivity contribution in [3.05, 3.63) is 83.9 Å². The summed E-state index contributed by atoms with van der Waals surface area (Å²) in [5.41, 5.74) is 0.230. The summed E-state index contributed by atoms with van der Waals surface area (Å²) in [7, 11) is 0. The molecule has 0 bridgehead atoms. The predicted molar refractivity (Wildman–Crippen MR) is 98.4 cm³/mol. The van der Waals surface area contributed by atoms with Gasteiger partial charge in [0.25, 0.3) is 5.91 Å². The number of hydrogen-bond acceptors (Lipinski definition) is 3. The Kier molecular flexibility index (Phi) is 5.66. The van der Waals surface area contributed by atoms with E-state index >= 15 is 0 Å². The monoisotopic (exact) mass is 369 g/mol. The van der Waals surface area contributed by atoms with Gasteiger partial charge in [0.2, 0.25) is 0 Å². The molecule has 0 aliphatic carbocycles. The minimum atomic E-state index is -0.914. The molecule has 3 rings (SSSR count). The third-order valence-electron chi connectivity index (χ3n) is 3.66. The van der Waals surface area contributed by atoms with Crippen LogP contribution in [0, 0.1) is 11.6 Å². The summed E-state index contributed by atoms with van der Waals surface area (Å²) in [4.78, 5) is 12.1. The van der Waals surface area contributed by atoms with Gasteiger partial charge in [-0.3, -0.25) is 4.79 Å². The van der Waals surface area contributed by atoms with Crippen LogP contribution in [-0.2, 0) is 0 Å². The van der Waals surface area contributed by atoms with Gasteiger partial charge in [0.05, 0.1) is 12.2 Å². The quantitative estimate of drug-likeness (QED) is 0.632. The highest BCUT2D eigenvalue weighted by Gasteiger charge is 2.12. The molecule has 138 valence electrons. The molecule has 0 aliphatic heterocycles. The third kappa shape index (κ3) is 4.82. The van der Waals surface area contributed by atoms with E-state index in [2.05, 4.69) is 5.32 Å². The molecular weight excluding hydrogens is 352 g/mol. The molecule has 0 atom stereocenters. The Morgan fingerprint density at radius 1 is 0.889 bits per heavy atom. The normalized spacial score (nSPS) is 10.3. The van der Waals surface area contributed by atoms with Gasteiger partial charge in [-0.25, -0.2) is 8.78 Å². The highest BCUT2D eigenvalue weighted by atomic mass is 19.1. The zero-order chi connectivity index (χ0) is 19.2. The molecule has 0 saturated heterocycles. The molecule has 1 amide bonds. The molecule has 0 aliphatic rings. The summed E-state index contributed by atoms with van der Waals surface area (Å²) in [6.45, 7) is 2.50. The van der Waals surface area contributed by atoms with Gasteiger partial charge < -0.3 is 14.8 Å². The first-order valence-corrected chi connectivity index (χ1v) is 8.32. The van der Waals surface area contributed by atoms with E-state index in [1.54, 1.807) is 36.4 Å². The SMILES string of the molecule is CCOc1ccc(Oc2ccc(NC(=O)c3ccc(F)cc3F)cc2)cc1. The van der Waals surface area contributed by atoms with Gasteiger partial charge in [-0.2, -0.15) is 0 Å². The van der Waals surface area contributed by atoms with E-state index in [0.29, 0.717) is 29.9 Å². The van der Waals surface area contributed by atoms with E-state index in [0.717, 1.165) is 17.9 Å². The van der Waals surface area contributed by atoms with Crippen molar-refractivity contribution in [2.24, 2.45) is 0 Å².